The minimum absolute atomic E-state index is 0.229. The number of rotatable bonds is 3. The van der Waals surface area contributed by atoms with Crippen molar-refractivity contribution in [2.24, 2.45) is 5.73 Å². The summed E-state index contributed by atoms with van der Waals surface area (Å²) in [5.74, 6) is 0.905. The molecule has 1 amide bonds. The predicted octanol–water partition coefficient (Wildman–Crippen LogP) is 1.99. The van der Waals surface area contributed by atoms with Crippen LogP contribution in [0.4, 0.5) is 0 Å². The molecule has 2 rings (SSSR count). The molecule has 0 aromatic heterocycles. The number of hydrogen-bond acceptors (Lipinski definition) is 2. The largest absolute Gasteiger partial charge is 0.493 e. The van der Waals surface area contributed by atoms with Gasteiger partial charge in [0.1, 0.15) is 5.75 Å². The van der Waals surface area contributed by atoms with Crippen LogP contribution in [0.25, 0.3) is 0 Å². The molecule has 0 aliphatic carbocycles. The quantitative estimate of drug-likeness (QED) is 0.845. The monoisotopic (exact) mass is 219 g/mol. The Hall–Kier alpha value is -1.51. The van der Waals surface area contributed by atoms with Gasteiger partial charge in [0.05, 0.1) is 6.61 Å². The summed E-state index contributed by atoms with van der Waals surface area (Å²) in [6, 6.07) is 6.22. The van der Waals surface area contributed by atoms with Gasteiger partial charge in [-0.05, 0) is 36.0 Å². The van der Waals surface area contributed by atoms with Gasteiger partial charge in [-0.2, -0.15) is 0 Å². The van der Waals surface area contributed by atoms with Gasteiger partial charge in [-0.15, -0.1) is 0 Å². The first kappa shape index (κ1) is 11.0. The van der Waals surface area contributed by atoms with E-state index in [1.165, 1.54) is 5.56 Å². The number of benzene rings is 1. The highest BCUT2D eigenvalue weighted by atomic mass is 16.5. The SMILES string of the molecule is CCc1ccc2c(c1)C(CC(N)=O)CCO2. The molecular weight excluding hydrogens is 202 g/mol. The molecule has 3 nitrogen and oxygen atoms in total. The Kier molecular flexibility index (Phi) is 3.13. The van der Waals surface area contributed by atoms with Gasteiger partial charge in [-0.1, -0.05) is 19.1 Å². The summed E-state index contributed by atoms with van der Waals surface area (Å²) in [6.07, 6.45) is 2.29. The van der Waals surface area contributed by atoms with E-state index in [-0.39, 0.29) is 11.8 Å². The fourth-order valence-corrected chi connectivity index (χ4v) is 2.19. The van der Waals surface area contributed by atoms with Crippen molar-refractivity contribution in [2.45, 2.75) is 32.1 Å². The van der Waals surface area contributed by atoms with E-state index in [2.05, 4.69) is 19.1 Å². The maximum absolute atomic E-state index is 11.0. The molecule has 1 heterocycles. The molecule has 0 fully saturated rings. The molecule has 1 atom stereocenters. The van der Waals surface area contributed by atoms with E-state index in [0.717, 1.165) is 24.2 Å². The van der Waals surface area contributed by atoms with Gasteiger partial charge in [0.25, 0.3) is 0 Å². The number of ether oxygens (including phenoxy) is 1. The van der Waals surface area contributed by atoms with Crippen LogP contribution < -0.4 is 10.5 Å². The summed E-state index contributed by atoms with van der Waals surface area (Å²) >= 11 is 0. The molecule has 86 valence electrons. The van der Waals surface area contributed by atoms with Crippen molar-refractivity contribution < 1.29 is 9.53 Å². The molecule has 0 saturated heterocycles. The van der Waals surface area contributed by atoms with Crippen molar-refractivity contribution in [3.05, 3.63) is 29.3 Å². The lowest BCUT2D eigenvalue weighted by molar-refractivity contribution is -0.118. The van der Waals surface area contributed by atoms with Gasteiger partial charge in [-0.3, -0.25) is 4.79 Å². The van der Waals surface area contributed by atoms with E-state index in [1.54, 1.807) is 0 Å². The third-order valence-electron chi connectivity index (χ3n) is 3.09. The Morgan fingerprint density at radius 3 is 3.06 bits per heavy atom. The number of nitrogens with two attached hydrogens (primary N) is 1. The van der Waals surface area contributed by atoms with Crippen molar-refractivity contribution in [3.63, 3.8) is 0 Å². The Balaban J connectivity index is 2.31. The molecule has 1 unspecified atom stereocenters. The molecule has 1 aromatic rings. The number of carbonyl (C=O) groups excluding carboxylic acids is 1. The molecule has 0 saturated carbocycles. The van der Waals surface area contributed by atoms with Gasteiger partial charge in [-0.25, -0.2) is 0 Å². The average molecular weight is 219 g/mol. The fraction of sp³-hybridized carbons (Fsp3) is 0.462. The number of hydrogen-bond donors (Lipinski definition) is 1. The highest BCUT2D eigenvalue weighted by Gasteiger charge is 2.23. The van der Waals surface area contributed by atoms with Crippen LogP contribution in [0, 0.1) is 0 Å². The molecule has 1 aliphatic rings. The van der Waals surface area contributed by atoms with Crippen LogP contribution in [0.2, 0.25) is 0 Å². The van der Waals surface area contributed by atoms with Crippen molar-refractivity contribution in [1.29, 1.82) is 0 Å². The number of carbonyl (C=O) groups is 1. The molecule has 0 bridgehead atoms. The van der Waals surface area contributed by atoms with Crippen molar-refractivity contribution in [2.75, 3.05) is 6.61 Å². The van der Waals surface area contributed by atoms with Crippen LogP contribution in [0.5, 0.6) is 5.75 Å². The lowest BCUT2D eigenvalue weighted by Crippen LogP contribution is -2.21. The first-order chi connectivity index (χ1) is 7.70. The van der Waals surface area contributed by atoms with Crippen molar-refractivity contribution in [3.8, 4) is 5.75 Å². The predicted molar refractivity (Wildman–Crippen MR) is 62.5 cm³/mol. The minimum Gasteiger partial charge on any atom is -0.493 e. The van der Waals surface area contributed by atoms with Gasteiger partial charge in [0.15, 0.2) is 0 Å². The average Bonchev–Trinajstić information content (AvgIpc) is 2.28. The Bertz CT molecular complexity index is 401. The van der Waals surface area contributed by atoms with Crippen molar-refractivity contribution >= 4 is 5.91 Å². The summed E-state index contributed by atoms with van der Waals surface area (Å²) in [7, 11) is 0. The van der Waals surface area contributed by atoms with Crippen LogP contribution in [0.3, 0.4) is 0 Å². The van der Waals surface area contributed by atoms with Gasteiger partial charge >= 0.3 is 0 Å². The van der Waals surface area contributed by atoms with Gasteiger partial charge in [0.2, 0.25) is 5.91 Å². The second kappa shape index (κ2) is 4.56. The van der Waals surface area contributed by atoms with Crippen LogP contribution in [-0.2, 0) is 11.2 Å². The van der Waals surface area contributed by atoms with E-state index < -0.39 is 0 Å². The molecule has 0 radical (unpaired) electrons. The fourth-order valence-electron chi connectivity index (χ4n) is 2.19. The van der Waals surface area contributed by atoms with E-state index in [9.17, 15) is 4.79 Å². The highest BCUT2D eigenvalue weighted by molar-refractivity contribution is 5.75. The second-order valence-electron chi connectivity index (χ2n) is 4.23. The van der Waals surface area contributed by atoms with Crippen LogP contribution in [-0.4, -0.2) is 12.5 Å². The highest BCUT2D eigenvalue weighted by Crippen LogP contribution is 2.36. The number of amides is 1. The molecular formula is C13H17NO2. The summed E-state index contributed by atoms with van der Waals surface area (Å²) in [4.78, 5) is 11.0. The number of primary amides is 1. The third kappa shape index (κ3) is 2.18. The topological polar surface area (TPSA) is 52.3 Å². The Morgan fingerprint density at radius 1 is 1.56 bits per heavy atom. The van der Waals surface area contributed by atoms with E-state index in [0.29, 0.717) is 13.0 Å². The Morgan fingerprint density at radius 2 is 2.38 bits per heavy atom. The van der Waals surface area contributed by atoms with E-state index >= 15 is 0 Å². The normalized spacial score (nSPS) is 18.7. The molecule has 16 heavy (non-hydrogen) atoms. The summed E-state index contributed by atoms with van der Waals surface area (Å²) in [5.41, 5.74) is 7.69. The Labute approximate surface area is 95.6 Å². The second-order valence-corrected chi connectivity index (χ2v) is 4.23. The summed E-state index contributed by atoms with van der Waals surface area (Å²) in [6.45, 7) is 2.80. The first-order valence-corrected chi connectivity index (χ1v) is 5.74. The van der Waals surface area contributed by atoms with Crippen LogP contribution in [0.1, 0.15) is 36.8 Å². The van der Waals surface area contributed by atoms with Crippen LogP contribution >= 0.6 is 0 Å². The first-order valence-electron chi connectivity index (χ1n) is 5.74. The summed E-state index contributed by atoms with van der Waals surface area (Å²) in [5, 5.41) is 0. The van der Waals surface area contributed by atoms with Gasteiger partial charge < -0.3 is 10.5 Å². The lowest BCUT2D eigenvalue weighted by atomic mass is 9.88. The van der Waals surface area contributed by atoms with E-state index in [4.69, 9.17) is 10.5 Å². The zero-order valence-corrected chi connectivity index (χ0v) is 9.53. The van der Waals surface area contributed by atoms with Gasteiger partial charge in [0, 0.05) is 6.42 Å². The van der Waals surface area contributed by atoms with Crippen molar-refractivity contribution in [1.82, 2.24) is 0 Å². The molecule has 2 N–H and O–H groups in total. The molecule has 1 aliphatic heterocycles. The van der Waals surface area contributed by atoms with E-state index in [1.807, 2.05) is 6.07 Å². The smallest absolute Gasteiger partial charge is 0.218 e. The molecule has 0 spiro atoms. The maximum atomic E-state index is 11.0. The molecule has 3 heteroatoms. The number of aryl methyl sites for hydroxylation is 1. The maximum Gasteiger partial charge on any atom is 0.218 e. The molecule has 1 aromatic carbocycles. The standard InChI is InChI=1S/C13H17NO2/c1-2-9-3-4-12-11(7-9)10(5-6-16-12)8-13(14)15/h3-4,7,10H,2,5-6,8H2,1H3,(H2,14,15). The number of fused-ring (bicyclic) bond motifs is 1. The third-order valence-corrected chi connectivity index (χ3v) is 3.09. The zero-order valence-electron chi connectivity index (χ0n) is 9.53. The lowest BCUT2D eigenvalue weighted by Gasteiger charge is -2.25. The summed E-state index contributed by atoms with van der Waals surface area (Å²) < 4.78 is 5.58. The van der Waals surface area contributed by atoms with Crippen LogP contribution in [0.15, 0.2) is 18.2 Å². The zero-order chi connectivity index (χ0) is 11.5. The minimum atomic E-state index is -0.236.